The summed E-state index contributed by atoms with van der Waals surface area (Å²) in [6, 6.07) is 14.1. The SMILES string of the molecule is NC(=O)c1ccc(SCC(=O)NCC2(c3ccccc3)CC2)c([N+](=O)[O-])c1. The van der Waals surface area contributed by atoms with Crippen molar-refractivity contribution >= 4 is 29.3 Å². The number of carbonyl (C=O) groups excluding carboxylic acids is 2. The third kappa shape index (κ3) is 4.46. The number of nitro groups is 1. The van der Waals surface area contributed by atoms with Crippen LogP contribution in [0.2, 0.25) is 0 Å². The molecule has 0 atom stereocenters. The molecule has 0 bridgehead atoms. The highest BCUT2D eigenvalue weighted by molar-refractivity contribution is 8.00. The summed E-state index contributed by atoms with van der Waals surface area (Å²) in [5.41, 5.74) is 6.22. The number of nitrogens with two attached hydrogens (primary N) is 1. The fourth-order valence-electron chi connectivity index (χ4n) is 2.91. The van der Waals surface area contributed by atoms with Gasteiger partial charge >= 0.3 is 0 Å². The van der Waals surface area contributed by atoms with E-state index in [1.807, 2.05) is 18.2 Å². The molecule has 2 aromatic carbocycles. The normalized spacial score (nSPS) is 14.4. The Morgan fingerprint density at radius 1 is 1.19 bits per heavy atom. The van der Waals surface area contributed by atoms with Crippen LogP contribution in [-0.2, 0) is 10.2 Å². The van der Waals surface area contributed by atoms with E-state index in [1.54, 1.807) is 0 Å². The van der Waals surface area contributed by atoms with Gasteiger partial charge in [-0.3, -0.25) is 19.7 Å². The second-order valence-corrected chi connectivity index (χ2v) is 7.53. The van der Waals surface area contributed by atoms with Gasteiger partial charge in [-0.05, 0) is 30.5 Å². The summed E-state index contributed by atoms with van der Waals surface area (Å²) < 4.78 is 0. The summed E-state index contributed by atoms with van der Waals surface area (Å²) in [6.07, 6.45) is 2.06. The number of hydrogen-bond acceptors (Lipinski definition) is 5. The van der Waals surface area contributed by atoms with Crippen LogP contribution in [0.15, 0.2) is 53.4 Å². The van der Waals surface area contributed by atoms with Crippen LogP contribution in [0.1, 0.15) is 28.8 Å². The number of rotatable bonds is 8. The molecule has 1 saturated carbocycles. The molecule has 140 valence electrons. The Kier molecular flexibility index (Phi) is 5.46. The van der Waals surface area contributed by atoms with Crippen molar-refractivity contribution in [1.82, 2.24) is 5.32 Å². The third-order valence-electron chi connectivity index (χ3n) is 4.66. The van der Waals surface area contributed by atoms with Crippen molar-refractivity contribution in [3.8, 4) is 0 Å². The molecule has 7 nitrogen and oxygen atoms in total. The number of hydrogen-bond donors (Lipinski definition) is 2. The Morgan fingerprint density at radius 3 is 2.48 bits per heavy atom. The average molecular weight is 385 g/mol. The van der Waals surface area contributed by atoms with Crippen LogP contribution < -0.4 is 11.1 Å². The standard InChI is InChI=1S/C19H19N3O4S/c20-18(24)13-6-7-16(15(10-13)22(25)26)27-11-17(23)21-12-19(8-9-19)14-4-2-1-3-5-14/h1-7,10H,8-9,11-12H2,(H2,20,24)(H,21,23). The van der Waals surface area contributed by atoms with Crippen molar-refractivity contribution in [2.45, 2.75) is 23.2 Å². The highest BCUT2D eigenvalue weighted by Gasteiger charge is 2.44. The third-order valence-corrected chi connectivity index (χ3v) is 5.73. The van der Waals surface area contributed by atoms with Gasteiger partial charge in [-0.25, -0.2) is 0 Å². The fraction of sp³-hybridized carbons (Fsp3) is 0.263. The predicted molar refractivity (Wildman–Crippen MR) is 103 cm³/mol. The van der Waals surface area contributed by atoms with Crippen LogP contribution in [-0.4, -0.2) is 29.0 Å². The number of thioether (sulfide) groups is 1. The molecule has 1 aliphatic rings. The minimum Gasteiger partial charge on any atom is -0.366 e. The highest BCUT2D eigenvalue weighted by atomic mass is 32.2. The number of benzene rings is 2. The summed E-state index contributed by atoms with van der Waals surface area (Å²) in [6.45, 7) is 0.555. The quantitative estimate of drug-likeness (QED) is 0.412. The molecule has 0 aromatic heterocycles. The van der Waals surface area contributed by atoms with Crippen molar-refractivity contribution in [3.63, 3.8) is 0 Å². The number of amides is 2. The van der Waals surface area contributed by atoms with Gasteiger partial charge in [-0.15, -0.1) is 11.8 Å². The molecule has 0 saturated heterocycles. The summed E-state index contributed by atoms with van der Waals surface area (Å²) in [7, 11) is 0. The molecule has 3 rings (SSSR count). The first-order valence-corrected chi connectivity index (χ1v) is 9.43. The smallest absolute Gasteiger partial charge is 0.283 e. The second kappa shape index (κ2) is 7.79. The summed E-state index contributed by atoms with van der Waals surface area (Å²) >= 11 is 1.06. The molecule has 1 fully saturated rings. The van der Waals surface area contributed by atoms with Crippen molar-refractivity contribution in [3.05, 3.63) is 69.8 Å². The van der Waals surface area contributed by atoms with Crippen LogP contribution in [0.5, 0.6) is 0 Å². The van der Waals surface area contributed by atoms with Gasteiger partial charge in [0.25, 0.3) is 5.69 Å². The molecule has 0 unspecified atom stereocenters. The zero-order valence-electron chi connectivity index (χ0n) is 14.5. The molecule has 0 aliphatic heterocycles. The fourth-order valence-corrected chi connectivity index (χ4v) is 3.74. The van der Waals surface area contributed by atoms with Crippen molar-refractivity contribution < 1.29 is 14.5 Å². The lowest BCUT2D eigenvalue weighted by molar-refractivity contribution is -0.387. The topological polar surface area (TPSA) is 115 Å². The zero-order valence-corrected chi connectivity index (χ0v) is 15.3. The first-order valence-electron chi connectivity index (χ1n) is 8.44. The van der Waals surface area contributed by atoms with E-state index in [0.717, 1.165) is 30.7 Å². The predicted octanol–water partition coefficient (Wildman–Crippen LogP) is 2.63. The number of nitro benzene ring substituents is 1. The van der Waals surface area contributed by atoms with Gasteiger partial charge in [0.1, 0.15) is 0 Å². The van der Waals surface area contributed by atoms with E-state index in [2.05, 4.69) is 17.4 Å². The first-order chi connectivity index (χ1) is 12.9. The average Bonchev–Trinajstić information content (AvgIpc) is 3.46. The lowest BCUT2D eigenvalue weighted by Gasteiger charge is -2.16. The summed E-state index contributed by atoms with van der Waals surface area (Å²) in [5, 5.41) is 14.1. The van der Waals surface area contributed by atoms with E-state index in [1.165, 1.54) is 17.7 Å². The number of nitrogens with zero attached hydrogens (tertiary/aromatic N) is 1. The number of primary amides is 1. The number of nitrogens with one attached hydrogen (secondary N) is 1. The lowest BCUT2D eigenvalue weighted by atomic mass is 9.96. The van der Waals surface area contributed by atoms with E-state index in [4.69, 9.17) is 5.73 Å². The lowest BCUT2D eigenvalue weighted by Crippen LogP contribution is -2.33. The van der Waals surface area contributed by atoms with Crippen molar-refractivity contribution in [2.75, 3.05) is 12.3 Å². The molecule has 0 heterocycles. The molecule has 2 aromatic rings. The Hall–Kier alpha value is -2.87. The van der Waals surface area contributed by atoms with Gasteiger partial charge in [-0.1, -0.05) is 30.3 Å². The Bertz CT molecular complexity index is 882. The van der Waals surface area contributed by atoms with Crippen LogP contribution in [0.4, 0.5) is 5.69 Å². The van der Waals surface area contributed by atoms with Crippen LogP contribution in [0, 0.1) is 10.1 Å². The Morgan fingerprint density at radius 2 is 1.89 bits per heavy atom. The molecule has 3 N–H and O–H groups in total. The summed E-state index contributed by atoms with van der Waals surface area (Å²) in [5.74, 6) is -0.861. The van der Waals surface area contributed by atoms with Crippen LogP contribution in [0.3, 0.4) is 0 Å². The molecular weight excluding hydrogens is 366 g/mol. The molecule has 2 amide bonds. The Balaban J connectivity index is 1.58. The van der Waals surface area contributed by atoms with Gasteiger partial charge in [-0.2, -0.15) is 0 Å². The van der Waals surface area contributed by atoms with Gasteiger partial charge in [0.05, 0.1) is 15.6 Å². The largest absolute Gasteiger partial charge is 0.366 e. The summed E-state index contributed by atoms with van der Waals surface area (Å²) in [4.78, 5) is 34.3. The van der Waals surface area contributed by atoms with Gasteiger partial charge in [0, 0.05) is 23.6 Å². The molecule has 27 heavy (non-hydrogen) atoms. The van der Waals surface area contributed by atoms with E-state index in [9.17, 15) is 19.7 Å². The van der Waals surface area contributed by atoms with E-state index >= 15 is 0 Å². The minimum absolute atomic E-state index is 0.0106. The second-order valence-electron chi connectivity index (χ2n) is 6.52. The van der Waals surface area contributed by atoms with Gasteiger partial charge < -0.3 is 11.1 Å². The monoisotopic (exact) mass is 385 g/mol. The van der Waals surface area contributed by atoms with E-state index in [-0.39, 0.29) is 28.3 Å². The maximum Gasteiger partial charge on any atom is 0.283 e. The number of carbonyl (C=O) groups is 2. The molecular formula is C19H19N3O4S. The molecule has 0 radical (unpaired) electrons. The van der Waals surface area contributed by atoms with Crippen molar-refractivity contribution in [1.29, 1.82) is 0 Å². The van der Waals surface area contributed by atoms with E-state index < -0.39 is 10.8 Å². The van der Waals surface area contributed by atoms with Crippen LogP contribution >= 0.6 is 11.8 Å². The van der Waals surface area contributed by atoms with Gasteiger partial charge in [0.2, 0.25) is 11.8 Å². The van der Waals surface area contributed by atoms with Gasteiger partial charge in [0.15, 0.2) is 0 Å². The minimum atomic E-state index is -0.733. The zero-order chi connectivity index (χ0) is 19.4. The first kappa shape index (κ1) is 18.9. The molecule has 8 heteroatoms. The maximum absolute atomic E-state index is 12.2. The molecule has 0 spiro atoms. The highest BCUT2D eigenvalue weighted by Crippen LogP contribution is 2.47. The maximum atomic E-state index is 12.2. The van der Waals surface area contributed by atoms with E-state index in [0.29, 0.717) is 11.4 Å². The Labute approximate surface area is 160 Å². The van der Waals surface area contributed by atoms with Crippen molar-refractivity contribution in [2.24, 2.45) is 5.73 Å². The van der Waals surface area contributed by atoms with Crippen LogP contribution in [0.25, 0.3) is 0 Å². The molecule has 1 aliphatic carbocycles.